The fourth-order valence-electron chi connectivity index (χ4n) is 4.81. The molecule has 0 aliphatic carbocycles. The minimum Gasteiger partial charge on any atom is -0.495 e. The van der Waals surface area contributed by atoms with Crippen molar-refractivity contribution >= 4 is 27.4 Å². The van der Waals surface area contributed by atoms with Crippen LogP contribution in [0.2, 0.25) is 0 Å². The Labute approximate surface area is 242 Å². The molecule has 3 aliphatic heterocycles. The number of nitrogens with zero attached hydrogens (tertiary/aromatic N) is 2. The van der Waals surface area contributed by atoms with Crippen molar-refractivity contribution in [1.29, 1.82) is 0 Å². The molecule has 0 saturated carbocycles. The first-order valence-corrected chi connectivity index (χ1v) is 15.2. The minimum atomic E-state index is -4.75. The maximum atomic E-state index is 14.0. The third-order valence-electron chi connectivity index (χ3n) is 6.98. The van der Waals surface area contributed by atoms with Crippen molar-refractivity contribution in [3.63, 3.8) is 0 Å². The lowest BCUT2D eigenvalue weighted by Gasteiger charge is -2.30. The average molecular weight is 611 g/mol. The second kappa shape index (κ2) is 12.0. The van der Waals surface area contributed by atoms with Gasteiger partial charge < -0.3 is 29.7 Å². The Kier molecular flexibility index (Phi) is 8.55. The van der Waals surface area contributed by atoms with Crippen molar-refractivity contribution in [3.05, 3.63) is 59.5 Å². The van der Waals surface area contributed by atoms with E-state index in [0.29, 0.717) is 17.5 Å². The summed E-state index contributed by atoms with van der Waals surface area (Å²) in [6, 6.07) is 11.6. The van der Waals surface area contributed by atoms with E-state index in [2.05, 4.69) is 25.7 Å². The van der Waals surface area contributed by atoms with Crippen LogP contribution in [0.15, 0.2) is 58.9 Å². The summed E-state index contributed by atoms with van der Waals surface area (Å²) in [4.78, 5) is 5.46. The summed E-state index contributed by atoms with van der Waals surface area (Å²) in [5, 5.41) is 9.91. The summed E-state index contributed by atoms with van der Waals surface area (Å²) < 4.78 is 84.9. The van der Waals surface area contributed by atoms with Gasteiger partial charge in [-0.2, -0.15) is 18.2 Å². The summed E-state index contributed by atoms with van der Waals surface area (Å²) in [6.07, 6.45) is -1.97. The Bertz CT molecular complexity index is 1480. The molecule has 15 heteroatoms. The van der Waals surface area contributed by atoms with Crippen molar-refractivity contribution < 1.29 is 35.8 Å². The molecule has 0 aromatic heterocycles. The molecule has 0 amide bonds. The third kappa shape index (κ3) is 7.27. The highest BCUT2D eigenvalue weighted by Crippen LogP contribution is 2.41. The normalized spacial score (nSPS) is 21.6. The molecule has 228 valence electrons. The fourth-order valence-corrected chi connectivity index (χ4v) is 5.38. The molecule has 0 spiro atoms. The van der Waals surface area contributed by atoms with E-state index >= 15 is 0 Å². The molecule has 2 aromatic rings. The molecule has 4 N–H and O–H groups in total. The van der Waals surface area contributed by atoms with Crippen molar-refractivity contribution in [3.8, 4) is 11.5 Å². The first-order valence-electron chi connectivity index (χ1n) is 13.3. The van der Waals surface area contributed by atoms with E-state index in [1.807, 2.05) is 12.1 Å². The van der Waals surface area contributed by atoms with Crippen LogP contribution in [0.25, 0.3) is 0 Å². The molecule has 2 atom stereocenters. The fraction of sp³-hybridized carbons (Fsp3) is 0.444. The van der Waals surface area contributed by atoms with Crippen LogP contribution in [0.4, 0.5) is 24.5 Å². The van der Waals surface area contributed by atoms with E-state index in [1.54, 1.807) is 6.07 Å². The van der Waals surface area contributed by atoms with E-state index in [0.717, 1.165) is 37.8 Å². The number of ether oxygens (including phenoxy) is 3. The molecule has 42 heavy (non-hydrogen) atoms. The molecule has 2 fully saturated rings. The quantitative estimate of drug-likeness (QED) is 0.316. The van der Waals surface area contributed by atoms with Gasteiger partial charge in [0.05, 0.1) is 31.3 Å². The van der Waals surface area contributed by atoms with Gasteiger partial charge >= 0.3 is 6.18 Å². The Hall–Kier alpha value is -3.53. The number of nitrogens with one attached hydrogen (secondary N) is 4. The topological polar surface area (TPSA) is 129 Å². The summed E-state index contributed by atoms with van der Waals surface area (Å²) in [5.74, 6) is -0.313. The largest absolute Gasteiger partial charge is 0.495 e. The number of likely N-dealkylation sites (N-methyl/N-ethyl adjacent to an activating group) is 1. The average Bonchev–Trinajstić information content (AvgIpc) is 3.69. The number of anilines is 2. The standard InChI is InChI=1S/C27H33F3N6O5S/c1-36-15-18(27(28,29)30)24(40-21-7-5-4-6-20(21)35-42(3,37)38)34-26(36)33-19-9-8-16(14-22(19)39-2)23-25(41-23)32-17-10-12-31-13-11-17/h4-9,14,17,23,25,31-32,35H,10-13,15H2,1-3H3,(H,33,34). The highest BCUT2D eigenvalue weighted by molar-refractivity contribution is 7.92. The van der Waals surface area contributed by atoms with Crippen LogP contribution < -0.4 is 30.1 Å². The lowest BCUT2D eigenvalue weighted by atomic mass is 10.1. The molecule has 0 bridgehead atoms. The number of rotatable bonds is 9. The maximum absolute atomic E-state index is 14.0. The van der Waals surface area contributed by atoms with E-state index in [4.69, 9.17) is 14.2 Å². The summed E-state index contributed by atoms with van der Waals surface area (Å²) in [7, 11) is -0.762. The number of aliphatic imine (C=N–C) groups is 1. The number of hydrogen-bond acceptors (Lipinski definition) is 10. The third-order valence-corrected chi connectivity index (χ3v) is 7.58. The molecule has 3 heterocycles. The first-order chi connectivity index (χ1) is 19.9. The molecular formula is C27H33F3N6O5S. The Morgan fingerprint density at radius 1 is 1.10 bits per heavy atom. The van der Waals surface area contributed by atoms with Crippen LogP contribution in [0, 0.1) is 0 Å². The molecule has 0 radical (unpaired) electrons. The molecule has 5 rings (SSSR count). The van der Waals surface area contributed by atoms with E-state index in [1.165, 1.54) is 43.3 Å². The Balaban J connectivity index is 1.37. The zero-order chi connectivity index (χ0) is 30.1. The minimum absolute atomic E-state index is 0.0230. The number of sulfonamides is 1. The monoisotopic (exact) mass is 610 g/mol. The number of epoxide rings is 1. The number of para-hydroxylation sites is 2. The van der Waals surface area contributed by atoms with E-state index in [9.17, 15) is 21.6 Å². The van der Waals surface area contributed by atoms with Crippen LogP contribution in [0.5, 0.6) is 11.5 Å². The lowest BCUT2D eigenvalue weighted by molar-refractivity contribution is -0.0974. The number of guanidine groups is 1. The van der Waals surface area contributed by atoms with Gasteiger partial charge in [0.1, 0.15) is 23.7 Å². The summed E-state index contributed by atoms with van der Waals surface area (Å²) in [6.45, 7) is 1.38. The number of piperidine rings is 1. The lowest BCUT2D eigenvalue weighted by Crippen LogP contribution is -2.41. The number of hydrogen-bond donors (Lipinski definition) is 4. The van der Waals surface area contributed by atoms with Gasteiger partial charge in [0.2, 0.25) is 21.9 Å². The van der Waals surface area contributed by atoms with Gasteiger partial charge in [0.25, 0.3) is 0 Å². The highest BCUT2D eigenvalue weighted by Gasteiger charge is 2.43. The van der Waals surface area contributed by atoms with Crippen LogP contribution in [0.3, 0.4) is 0 Å². The molecular weight excluding hydrogens is 577 g/mol. The molecule has 2 saturated heterocycles. The SMILES string of the molecule is COc1cc(C2OC2NC2CCNCC2)ccc1NC1=NC(Oc2ccccc2NS(C)(=O)=O)=C(C(F)(F)F)CN1C. The van der Waals surface area contributed by atoms with Crippen molar-refractivity contribution in [2.75, 3.05) is 50.1 Å². The van der Waals surface area contributed by atoms with Gasteiger partial charge in [-0.05, 0) is 55.8 Å². The van der Waals surface area contributed by atoms with E-state index in [-0.39, 0.29) is 29.7 Å². The van der Waals surface area contributed by atoms with Crippen molar-refractivity contribution in [2.45, 2.75) is 37.4 Å². The molecule has 11 nitrogen and oxygen atoms in total. The molecule has 2 unspecified atom stereocenters. The van der Waals surface area contributed by atoms with E-state index < -0.39 is 34.2 Å². The van der Waals surface area contributed by atoms with Gasteiger partial charge in [-0.25, -0.2) is 8.42 Å². The van der Waals surface area contributed by atoms with Crippen LogP contribution >= 0.6 is 0 Å². The predicted molar refractivity (Wildman–Crippen MR) is 152 cm³/mol. The van der Waals surface area contributed by atoms with Gasteiger partial charge in [-0.1, -0.05) is 18.2 Å². The van der Waals surface area contributed by atoms with Gasteiger partial charge in [0.15, 0.2) is 5.75 Å². The number of benzene rings is 2. The zero-order valence-corrected chi connectivity index (χ0v) is 24.1. The van der Waals surface area contributed by atoms with Crippen molar-refractivity contribution in [2.24, 2.45) is 4.99 Å². The van der Waals surface area contributed by atoms with Crippen LogP contribution in [0.1, 0.15) is 24.5 Å². The first kappa shape index (κ1) is 29.9. The number of halogens is 3. The predicted octanol–water partition coefficient (Wildman–Crippen LogP) is 3.37. The second-order valence-corrected chi connectivity index (χ2v) is 12.0. The Morgan fingerprint density at radius 2 is 1.83 bits per heavy atom. The van der Waals surface area contributed by atoms with Gasteiger partial charge in [-0.3, -0.25) is 10.0 Å². The second-order valence-electron chi connectivity index (χ2n) is 10.3. The summed E-state index contributed by atoms with van der Waals surface area (Å²) >= 11 is 0. The molecule has 3 aliphatic rings. The molecule has 2 aromatic carbocycles. The number of methoxy groups -OCH3 is 1. The zero-order valence-electron chi connectivity index (χ0n) is 23.3. The van der Waals surface area contributed by atoms with Crippen LogP contribution in [-0.2, 0) is 14.8 Å². The smallest absolute Gasteiger partial charge is 0.419 e. The maximum Gasteiger partial charge on any atom is 0.419 e. The number of alkyl halides is 3. The summed E-state index contributed by atoms with van der Waals surface area (Å²) in [5.41, 5.74) is 0.334. The van der Waals surface area contributed by atoms with Gasteiger partial charge in [0, 0.05) is 13.1 Å². The highest BCUT2D eigenvalue weighted by atomic mass is 32.2. The van der Waals surface area contributed by atoms with Crippen LogP contribution in [-0.4, -0.2) is 77.8 Å². The Morgan fingerprint density at radius 3 is 2.52 bits per heavy atom. The van der Waals surface area contributed by atoms with Crippen molar-refractivity contribution in [1.82, 2.24) is 15.5 Å². The van der Waals surface area contributed by atoms with Gasteiger partial charge in [-0.15, -0.1) is 0 Å².